The van der Waals surface area contributed by atoms with Gasteiger partial charge in [0, 0.05) is 16.7 Å². The molecule has 0 saturated heterocycles. The Labute approximate surface area is 221 Å². The van der Waals surface area contributed by atoms with E-state index in [1.807, 2.05) is 25.1 Å². The summed E-state index contributed by atoms with van der Waals surface area (Å²) < 4.78 is 45.3. The summed E-state index contributed by atoms with van der Waals surface area (Å²) in [6, 6.07) is 14.2. The highest BCUT2D eigenvalue weighted by Crippen LogP contribution is 2.33. The third kappa shape index (κ3) is 7.38. The Bertz CT molecular complexity index is 1380. The van der Waals surface area contributed by atoms with Gasteiger partial charge < -0.3 is 14.2 Å². The van der Waals surface area contributed by atoms with Gasteiger partial charge in [0.2, 0.25) is 0 Å². The number of unbranched alkanes of at least 4 members (excludes halogenated alkanes) is 1. The maximum Gasteiger partial charge on any atom is 0.338 e. The lowest BCUT2D eigenvalue weighted by molar-refractivity contribution is -0.139. The summed E-state index contributed by atoms with van der Waals surface area (Å²) in [5.41, 5.74) is 3.46. The average Bonchev–Trinajstić information content (AvgIpc) is 2.87. The minimum absolute atomic E-state index is 0.142. The first-order valence-corrected chi connectivity index (χ1v) is 12.1. The molecule has 5 nitrogen and oxygen atoms in total. The summed E-state index contributed by atoms with van der Waals surface area (Å²) in [5, 5.41) is 0. The number of ether oxygens (including phenoxy) is 3. The Morgan fingerprint density at radius 3 is 2.00 bits per heavy atom. The SMILES string of the molecule is C=C(C)C(=O)OCCCCOc1ccc(-c2ccc(-c3ccc(OC(=O)C(=C)C)c(F)c3)c(F)c2)c(C)c1. The van der Waals surface area contributed by atoms with E-state index < -0.39 is 23.6 Å². The molecule has 198 valence electrons. The zero-order chi connectivity index (χ0) is 27.8. The maximum atomic E-state index is 15.1. The molecule has 38 heavy (non-hydrogen) atoms. The molecule has 3 rings (SSSR count). The molecule has 0 amide bonds. The zero-order valence-corrected chi connectivity index (χ0v) is 21.7. The fraction of sp³-hybridized carbons (Fsp3) is 0.226. The van der Waals surface area contributed by atoms with E-state index in [-0.39, 0.29) is 16.9 Å². The number of rotatable bonds is 11. The second-order valence-corrected chi connectivity index (χ2v) is 8.96. The summed E-state index contributed by atoms with van der Waals surface area (Å²) in [7, 11) is 0. The molecule has 0 saturated carbocycles. The van der Waals surface area contributed by atoms with Crippen LogP contribution in [0.15, 0.2) is 78.9 Å². The fourth-order valence-corrected chi connectivity index (χ4v) is 3.59. The van der Waals surface area contributed by atoms with Gasteiger partial charge in [-0.25, -0.2) is 18.4 Å². The van der Waals surface area contributed by atoms with Gasteiger partial charge in [0.15, 0.2) is 11.6 Å². The highest BCUT2D eigenvalue weighted by atomic mass is 19.1. The van der Waals surface area contributed by atoms with Crippen LogP contribution in [-0.2, 0) is 14.3 Å². The largest absolute Gasteiger partial charge is 0.494 e. The van der Waals surface area contributed by atoms with Crippen molar-refractivity contribution in [2.75, 3.05) is 13.2 Å². The van der Waals surface area contributed by atoms with Crippen LogP contribution in [0.2, 0.25) is 0 Å². The summed E-state index contributed by atoms with van der Waals surface area (Å²) in [4.78, 5) is 23.0. The molecule has 0 aliphatic rings. The van der Waals surface area contributed by atoms with Crippen LogP contribution in [0.1, 0.15) is 32.3 Å². The third-order valence-electron chi connectivity index (χ3n) is 5.66. The first-order valence-electron chi connectivity index (χ1n) is 12.1. The smallest absolute Gasteiger partial charge is 0.338 e. The van der Waals surface area contributed by atoms with Gasteiger partial charge in [-0.05, 0) is 86.2 Å². The topological polar surface area (TPSA) is 61.8 Å². The monoisotopic (exact) mass is 520 g/mol. The molecule has 7 heteroatoms. The van der Waals surface area contributed by atoms with Crippen molar-refractivity contribution in [3.8, 4) is 33.8 Å². The number of carbonyl (C=O) groups excluding carboxylic acids is 2. The first-order chi connectivity index (χ1) is 18.1. The predicted molar refractivity (Wildman–Crippen MR) is 143 cm³/mol. The van der Waals surface area contributed by atoms with Gasteiger partial charge in [0.25, 0.3) is 0 Å². The highest BCUT2D eigenvalue weighted by molar-refractivity contribution is 5.89. The van der Waals surface area contributed by atoms with Crippen LogP contribution in [-0.4, -0.2) is 25.2 Å². The number of aryl methyl sites for hydroxylation is 1. The van der Waals surface area contributed by atoms with Crippen molar-refractivity contribution in [3.05, 3.63) is 96.1 Å². The van der Waals surface area contributed by atoms with E-state index in [1.54, 1.807) is 19.1 Å². The Morgan fingerprint density at radius 1 is 0.763 bits per heavy atom. The molecular weight excluding hydrogens is 490 g/mol. The van der Waals surface area contributed by atoms with Gasteiger partial charge in [-0.1, -0.05) is 37.4 Å². The number of hydrogen-bond acceptors (Lipinski definition) is 5. The predicted octanol–water partition coefficient (Wildman–Crippen LogP) is 7.37. The average molecular weight is 521 g/mol. The first kappa shape index (κ1) is 28.3. The van der Waals surface area contributed by atoms with Crippen LogP contribution in [0, 0.1) is 18.6 Å². The second kappa shape index (κ2) is 12.8. The van der Waals surface area contributed by atoms with E-state index in [0.29, 0.717) is 42.1 Å². The molecule has 0 aromatic heterocycles. The normalized spacial score (nSPS) is 10.6. The molecule has 3 aromatic carbocycles. The zero-order valence-electron chi connectivity index (χ0n) is 21.7. The lowest BCUT2D eigenvalue weighted by Gasteiger charge is -2.12. The van der Waals surface area contributed by atoms with Gasteiger partial charge in [0.1, 0.15) is 11.6 Å². The van der Waals surface area contributed by atoms with Crippen LogP contribution in [0.25, 0.3) is 22.3 Å². The third-order valence-corrected chi connectivity index (χ3v) is 5.66. The Kier molecular flexibility index (Phi) is 9.55. The molecule has 0 aliphatic heterocycles. The molecule has 0 spiro atoms. The van der Waals surface area contributed by atoms with Gasteiger partial charge in [0.05, 0.1) is 13.2 Å². The number of carbonyl (C=O) groups is 2. The van der Waals surface area contributed by atoms with E-state index in [0.717, 1.165) is 23.6 Å². The van der Waals surface area contributed by atoms with Gasteiger partial charge in [-0.15, -0.1) is 0 Å². The molecular formula is C31H30F2O5. The van der Waals surface area contributed by atoms with Gasteiger partial charge in [-0.3, -0.25) is 0 Å². The summed E-state index contributed by atoms with van der Waals surface area (Å²) in [6.07, 6.45) is 1.39. The van der Waals surface area contributed by atoms with Crippen LogP contribution in [0.5, 0.6) is 11.5 Å². The molecule has 0 aliphatic carbocycles. The fourth-order valence-electron chi connectivity index (χ4n) is 3.59. The maximum absolute atomic E-state index is 15.1. The molecule has 0 heterocycles. The number of esters is 2. The quantitative estimate of drug-likeness (QED) is 0.114. The number of hydrogen-bond donors (Lipinski definition) is 0. The van der Waals surface area contributed by atoms with Crippen molar-refractivity contribution >= 4 is 11.9 Å². The van der Waals surface area contributed by atoms with Crippen LogP contribution < -0.4 is 9.47 Å². The van der Waals surface area contributed by atoms with Crippen molar-refractivity contribution in [1.82, 2.24) is 0 Å². The van der Waals surface area contributed by atoms with Crippen LogP contribution in [0.4, 0.5) is 8.78 Å². The Hall–Kier alpha value is -4.26. The van der Waals surface area contributed by atoms with Crippen LogP contribution in [0.3, 0.4) is 0 Å². The number of benzene rings is 3. The van der Waals surface area contributed by atoms with E-state index in [9.17, 15) is 14.0 Å². The van der Waals surface area contributed by atoms with E-state index in [4.69, 9.17) is 14.2 Å². The van der Waals surface area contributed by atoms with Crippen molar-refractivity contribution in [1.29, 1.82) is 0 Å². The van der Waals surface area contributed by atoms with Crippen molar-refractivity contribution < 1.29 is 32.6 Å². The Morgan fingerprint density at radius 2 is 1.37 bits per heavy atom. The molecule has 0 unspecified atom stereocenters. The Balaban J connectivity index is 1.64. The summed E-state index contributed by atoms with van der Waals surface area (Å²) in [6.45, 7) is 12.8. The standard InChI is InChI=1S/C31H30F2O5/c1-19(2)30(34)37-15-7-6-14-36-24-10-12-25(21(5)16-24)22-8-11-26(27(32)17-22)23-9-13-29(28(33)18-23)38-31(35)20(3)4/h8-13,16-18H,1,3,6-7,14-15H2,2,4-5H3. The molecule has 0 radical (unpaired) electrons. The van der Waals surface area contributed by atoms with E-state index in [2.05, 4.69) is 13.2 Å². The van der Waals surface area contributed by atoms with E-state index in [1.165, 1.54) is 25.1 Å². The number of halogens is 2. The second-order valence-electron chi connectivity index (χ2n) is 8.96. The lowest BCUT2D eigenvalue weighted by Crippen LogP contribution is -2.09. The molecule has 0 N–H and O–H groups in total. The summed E-state index contributed by atoms with van der Waals surface area (Å²) in [5.74, 6) is -1.98. The minimum Gasteiger partial charge on any atom is -0.494 e. The van der Waals surface area contributed by atoms with Crippen molar-refractivity contribution in [2.45, 2.75) is 33.6 Å². The molecule has 0 atom stereocenters. The molecule has 0 fully saturated rings. The molecule has 3 aromatic rings. The lowest BCUT2D eigenvalue weighted by atomic mass is 9.96. The summed E-state index contributed by atoms with van der Waals surface area (Å²) >= 11 is 0. The minimum atomic E-state index is -0.778. The van der Waals surface area contributed by atoms with Gasteiger partial charge in [-0.2, -0.15) is 0 Å². The highest BCUT2D eigenvalue weighted by Gasteiger charge is 2.14. The van der Waals surface area contributed by atoms with Gasteiger partial charge >= 0.3 is 11.9 Å². The molecule has 0 bridgehead atoms. The van der Waals surface area contributed by atoms with E-state index >= 15 is 4.39 Å². The van der Waals surface area contributed by atoms with Crippen LogP contribution >= 0.6 is 0 Å². The van der Waals surface area contributed by atoms with Crippen molar-refractivity contribution in [2.24, 2.45) is 0 Å². The van der Waals surface area contributed by atoms with Crippen molar-refractivity contribution in [3.63, 3.8) is 0 Å².